The Balaban J connectivity index is 1.61. The predicted octanol–water partition coefficient (Wildman–Crippen LogP) is 4.83. The zero-order chi connectivity index (χ0) is 10.3. The fraction of sp³-hybridized carbons (Fsp3) is 0.667. The lowest BCUT2D eigenvalue weighted by molar-refractivity contribution is 0.490. The monoisotopic (exact) mass is 203 g/mol. The van der Waals surface area contributed by atoms with E-state index in [1.807, 2.05) is 0 Å². The summed E-state index contributed by atoms with van der Waals surface area (Å²) in [5.41, 5.74) is 1.74. The second kappa shape index (κ2) is 6.15. The molecule has 0 N–H and O–H groups in total. The summed E-state index contributed by atoms with van der Waals surface area (Å²) in [6.07, 6.45) is 21.9. The maximum absolute atomic E-state index is 2.49. The van der Waals surface area contributed by atoms with E-state index >= 15 is 0 Å². The van der Waals surface area contributed by atoms with E-state index in [0.29, 0.717) is 0 Å². The van der Waals surface area contributed by atoms with Gasteiger partial charge >= 0.3 is 0 Å². The van der Waals surface area contributed by atoms with Crippen LogP contribution in [0.1, 0.15) is 57.8 Å². The second-order valence-corrected chi connectivity index (χ2v) is 4.96. The summed E-state index contributed by atoms with van der Waals surface area (Å²) in [5.74, 6) is 0.874. The van der Waals surface area contributed by atoms with Gasteiger partial charge in [0, 0.05) is 0 Å². The molecule has 0 nitrogen and oxygen atoms in total. The van der Waals surface area contributed by atoms with E-state index in [9.17, 15) is 0 Å². The first kappa shape index (κ1) is 11.0. The Labute approximate surface area is 94.5 Å². The van der Waals surface area contributed by atoms with Crippen LogP contribution in [0.4, 0.5) is 0 Å². The molecule has 0 aliphatic heterocycles. The standard InChI is InChI=1S/C15H23/c1-3-8-14(9-4-1)12-7-13-15-10-5-2-6-11-15/h1,3,8,10,14H,2,4-7,9,11-13H2. The molecule has 0 bridgehead atoms. The maximum atomic E-state index is 2.49. The van der Waals surface area contributed by atoms with Gasteiger partial charge in [0.2, 0.25) is 0 Å². The zero-order valence-corrected chi connectivity index (χ0v) is 9.75. The molecule has 0 fully saturated rings. The molecule has 2 aliphatic carbocycles. The van der Waals surface area contributed by atoms with Crippen LogP contribution >= 0.6 is 0 Å². The van der Waals surface area contributed by atoms with Crippen molar-refractivity contribution < 1.29 is 0 Å². The van der Waals surface area contributed by atoms with E-state index in [-0.39, 0.29) is 0 Å². The number of hydrogen-bond donors (Lipinski definition) is 0. The molecule has 0 aromatic heterocycles. The van der Waals surface area contributed by atoms with Crippen LogP contribution < -0.4 is 0 Å². The average molecular weight is 203 g/mol. The third-order valence-electron chi connectivity index (χ3n) is 3.68. The minimum atomic E-state index is 0.874. The highest BCUT2D eigenvalue weighted by molar-refractivity contribution is 5.06. The van der Waals surface area contributed by atoms with Crippen LogP contribution in [0.25, 0.3) is 0 Å². The van der Waals surface area contributed by atoms with Crippen LogP contribution in [-0.2, 0) is 0 Å². The Morgan fingerprint density at radius 3 is 2.93 bits per heavy atom. The van der Waals surface area contributed by atoms with Gasteiger partial charge < -0.3 is 0 Å². The van der Waals surface area contributed by atoms with Gasteiger partial charge in [0.1, 0.15) is 0 Å². The lowest BCUT2D eigenvalue weighted by Crippen LogP contribution is -2.03. The lowest BCUT2D eigenvalue weighted by atomic mass is 9.88. The highest BCUT2D eigenvalue weighted by Gasteiger charge is 2.10. The SMILES string of the molecule is [CH]1C=CCCC1CCCC1=CCCCC1. The molecule has 2 aliphatic rings. The van der Waals surface area contributed by atoms with Crippen molar-refractivity contribution in [2.75, 3.05) is 0 Å². The smallest absolute Gasteiger partial charge is 0.0139 e. The Hall–Kier alpha value is -0.520. The molecule has 0 saturated carbocycles. The topological polar surface area (TPSA) is 0 Å². The maximum Gasteiger partial charge on any atom is -0.0139 e. The van der Waals surface area contributed by atoms with Crippen LogP contribution in [0, 0.1) is 12.3 Å². The van der Waals surface area contributed by atoms with Crippen LogP contribution in [0.15, 0.2) is 23.8 Å². The fourth-order valence-corrected chi connectivity index (χ4v) is 2.70. The highest BCUT2D eigenvalue weighted by Crippen LogP contribution is 2.26. The van der Waals surface area contributed by atoms with E-state index in [0.717, 1.165) is 5.92 Å². The predicted molar refractivity (Wildman–Crippen MR) is 66.6 cm³/mol. The summed E-state index contributed by atoms with van der Waals surface area (Å²) in [5, 5.41) is 0. The largest absolute Gasteiger partial charge is 0.0882 e. The van der Waals surface area contributed by atoms with Gasteiger partial charge in [-0.15, -0.1) is 0 Å². The molecule has 0 amide bonds. The van der Waals surface area contributed by atoms with Crippen molar-refractivity contribution in [3.63, 3.8) is 0 Å². The molecule has 0 aromatic rings. The molecule has 1 unspecified atom stereocenters. The number of hydrogen-bond acceptors (Lipinski definition) is 0. The van der Waals surface area contributed by atoms with E-state index in [1.165, 1.54) is 57.8 Å². The molecule has 0 saturated heterocycles. The average Bonchev–Trinajstić information content (AvgIpc) is 2.32. The van der Waals surface area contributed by atoms with Crippen molar-refractivity contribution in [1.29, 1.82) is 0 Å². The zero-order valence-electron chi connectivity index (χ0n) is 9.75. The van der Waals surface area contributed by atoms with Crippen LogP contribution in [-0.4, -0.2) is 0 Å². The van der Waals surface area contributed by atoms with Gasteiger partial charge in [0.05, 0.1) is 0 Å². The summed E-state index contributed by atoms with van der Waals surface area (Å²) in [7, 11) is 0. The van der Waals surface area contributed by atoms with E-state index in [4.69, 9.17) is 0 Å². The second-order valence-electron chi connectivity index (χ2n) is 4.96. The molecule has 0 aromatic carbocycles. The number of rotatable bonds is 4. The van der Waals surface area contributed by atoms with Gasteiger partial charge in [-0.3, -0.25) is 0 Å². The number of allylic oxidation sites excluding steroid dienone is 4. The van der Waals surface area contributed by atoms with E-state index in [2.05, 4.69) is 24.6 Å². The minimum Gasteiger partial charge on any atom is -0.0882 e. The van der Waals surface area contributed by atoms with Crippen molar-refractivity contribution >= 4 is 0 Å². The summed E-state index contributed by atoms with van der Waals surface area (Å²) in [6.45, 7) is 0. The van der Waals surface area contributed by atoms with Gasteiger partial charge in [-0.1, -0.05) is 23.8 Å². The lowest BCUT2D eigenvalue weighted by Gasteiger charge is -2.18. The van der Waals surface area contributed by atoms with Crippen LogP contribution in [0.5, 0.6) is 0 Å². The third kappa shape index (κ3) is 3.85. The van der Waals surface area contributed by atoms with E-state index < -0.39 is 0 Å². The Morgan fingerprint density at radius 2 is 2.20 bits per heavy atom. The quantitative estimate of drug-likeness (QED) is 0.574. The first-order chi connectivity index (χ1) is 7.45. The summed E-state index contributed by atoms with van der Waals surface area (Å²) in [4.78, 5) is 0. The van der Waals surface area contributed by atoms with Gasteiger partial charge in [0.25, 0.3) is 0 Å². The van der Waals surface area contributed by atoms with Gasteiger partial charge in [-0.2, -0.15) is 0 Å². The third-order valence-corrected chi connectivity index (χ3v) is 3.68. The molecule has 0 spiro atoms. The summed E-state index contributed by atoms with van der Waals surface area (Å²) in [6, 6.07) is 0. The van der Waals surface area contributed by atoms with Gasteiger partial charge in [0.15, 0.2) is 0 Å². The Kier molecular flexibility index (Phi) is 4.50. The van der Waals surface area contributed by atoms with Crippen molar-refractivity contribution in [2.24, 2.45) is 5.92 Å². The Morgan fingerprint density at radius 1 is 1.20 bits per heavy atom. The van der Waals surface area contributed by atoms with Crippen LogP contribution in [0.2, 0.25) is 0 Å². The molecular weight excluding hydrogens is 180 g/mol. The van der Waals surface area contributed by atoms with Crippen molar-refractivity contribution in [3.05, 3.63) is 30.2 Å². The first-order valence-corrected chi connectivity index (χ1v) is 6.63. The molecule has 0 heteroatoms. The molecule has 0 heterocycles. The minimum absolute atomic E-state index is 0.874. The van der Waals surface area contributed by atoms with Crippen molar-refractivity contribution in [3.8, 4) is 0 Å². The molecule has 1 radical (unpaired) electrons. The first-order valence-electron chi connectivity index (χ1n) is 6.63. The molecule has 2 rings (SSSR count). The molecule has 83 valence electrons. The summed E-state index contributed by atoms with van der Waals surface area (Å²) < 4.78 is 0. The van der Waals surface area contributed by atoms with Crippen LogP contribution in [0.3, 0.4) is 0 Å². The summed E-state index contributed by atoms with van der Waals surface area (Å²) >= 11 is 0. The van der Waals surface area contributed by atoms with Crippen molar-refractivity contribution in [2.45, 2.75) is 57.8 Å². The Bertz CT molecular complexity index is 234. The highest BCUT2D eigenvalue weighted by atomic mass is 14.2. The van der Waals surface area contributed by atoms with Gasteiger partial charge in [-0.05, 0) is 70.1 Å². The normalized spacial score (nSPS) is 26.4. The molecular formula is C15H23. The van der Waals surface area contributed by atoms with E-state index in [1.54, 1.807) is 5.57 Å². The fourth-order valence-electron chi connectivity index (χ4n) is 2.70. The molecule has 15 heavy (non-hydrogen) atoms. The van der Waals surface area contributed by atoms with Crippen molar-refractivity contribution in [1.82, 2.24) is 0 Å². The van der Waals surface area contributed by atoms with Gasteiger partial charge in [-0.25, -0.2) is 0 Å². The molecule has 1 atom stereocenters.